The summed E-state index contributed by atoms with van der Waals surface area (Å²) in [4.78, 5) is 0. The first kappa shape index (κ1) is 17.1. The molecule has 3 aromatic carbocycles. The molecule has 0 aliphatic heterocycles. The van der Waals surface area contributed by atoms with Gasteiger partial charge in [0.2, 0.25) is 7.14 Å². The maximum Gasteiger partial charge on any atom is 0.211 e. The molecule has 0 heterocycles. The summed E-state index contributed by atoms with van der Waals surface area (Å²) in [5.74, 6) is 2.11. The van der Waals surface area contributed by atoms with E-state index in [0.29, 0.717) is 10.6 Å². The van der Waals surface area contributed by atoms with E-state index in [0.717, 1.165) is 11.1 Å². The summed E-state index contributed by atoms with van der Waals surface area (Å²) in [5, 5.41) is 0.834. The summed E-state index contributed by atoms with van der Waals surface area (Å²) in [6.07, 6.45) is 0. The maximum atomic E-state index is 13.7. The van der Waals surface area contributed by atoms with E-state index < -0.39 is 18.8 Å². The van der Waals surface area contributed by atoms with Crippen LogP contribution in [0.1, 0.15) is 11.1 Å². The first-order valence-corrected chi connectivity index (χ1v) is 9.40. The third-order valence-electron chi connectivity index (χ3n) is 3.79. The van der Waals surface area contributed by atoms with E-state index in [9.17, 15) is 13.3 Å². The lowest BCUT2D eigenvalue weighted by Gasteiger charge is -2.13. The van der Waals surface area contributed by atoms with Crippen LogP contribution in [-0.2, 0) is 4.57 Å². The Balaban J connectivity index is 2.12. The van der Waals surface area contributed by atoms with Gasteiger partial charge in [0.1, 0.15) is 11.6 Å². The van der Waals surface area contributed by atoms with Crippen LogP contribution >= 0.6 is 7.14 Å². The Labute approximate surface area is 145 Å². The number of benzene rings is 3. The Morgan fingerprint density at radius 2 is 1.16 bits per heavy atom. The van der Waals surface area contributed by atoms with Crippen LogP contribution in [0.25, 0.3) is 0 Å². The van der Waals surface area contributed by atoms with Crippen LogP contribution in [0.2, 0.25) is 0 Å². The van der Waals surface area contributed by atoms with Crippen molar-refractivity contribution >= 4 is 17.8 Å². The molecule has 124 valence electrons. The Morgan fingerprint density at radius 3 is 1.60 bits per heavy atom. The number of hydrogen-bond acceptors (Lipinski definition) is 1. The van der Waals surface area contributed by atoms with E-state index in [1.54, 1.807) is 0 Å². The molecule has 3 aromatic rings. The quantitative estimate of drug-likeness (QED) is 0.487. The molecule has 0 amide bonds. The molecule has 0 spiro atoms. The van der Waals surface area contributed by atoms with Gasteiger partial charge in [-0.2, -0.15) is 0 Å². The molecule has 0 N–H and O–H groups in total. The molecule has 0 aliphatic rings. The zero-order valence-corrected chi connectivity index (χ0v) is 14.4. The van der Waals surface area contributed by atoms with Crippen LogP contribution in [-0.4, -0.2) is 0 Å². The van der Waals surface area contributed by atoms with Gasteiger partial charge in [0.25, 0.3) is 0 Å². The Bertz CT molecular complexity index is 930. The molecule has 25 heavy (non-hydrogen) atoms. The fourth-order valence-corrected chi connectivity index (χ4v) is 4.34. The predicted molar refractivity (Wildman–Crippen MR) is 97.7 cm³/mol. The SMILES string of the molecule is Cc1ccc(C#CP(=O)(c2ccc(F)cc2)c2ccc(F)cc2)cc1. The van der Waals surface area contributed by atoms with Gasteiger partial charge >= 0.3 is 0 Å². The molecule has 0 aliphatic carbocycles. The second-order valence-electron chi connectivity index (χ2n) is 5.66. The average Bonchev–Trinajstić information content (AvgIpc) is 2.62. The van der Waals surface area contributed by atoms with E-state index in [-0.39, 0.29) is 0 Å². The summed E-state index contributed by atoms with van der Waals surface area (Å²) in [6.45, 7) is 1.97. The molecule has 3 rings (SSSR count). The number of hydrogen-bond donors (Lipinski definition) is 0. The van der Waals surface area contributed by atoms with Crippen LogP contribution in [0, 0.1) is 30.1 Å². The van der Waals surface area contributed by atoms with Crippen molar-refractivity contribution in [2.45, 2.75) is 6.92 Å². The molecular weight excluding hydrogens is 337 g/mol. The van der Waals surface area contributed by atoms with Gasteiger partial charge in [-0.25, -0.2) is 8.78 Å². The summed E-state index contributed by atoms with van der Waals surface area (Å²) in [5.41, 5.74) is 4.70. The highest BCUT2D eigenvalue weighted by Crippen LogP contribution is 2.42. The average molecular weight is 352 g/mol. The minimum absolute atomic E-state index is 0.416. The van der Waals surface area contributed by atoms with Crippen LogP contribution < -0.4 is 10.6 Å². The van der Waals surface area contributed by atoms with Crippen molar-refractivity contribution in [3.8, 4) is 11.6 Å². The van der Waals surface area contributed by atoms with Crippen LogP contribution in [0.5, 0.6) is 0 Å². The zero-order valence-electron chi connectivity index (χ0n) is 13.5. The van der Waals surface area contributed by atoms with Crippen molar-refractivity contribution in [3.05, 3.63) is 95.6 Å². The van der Waals surface area contributed by atoms with Crippen molar-refractivity contribution in [1.29, 1.82) is 0 Å². The van der Waals surface area contributed by atoms with Gasteiger partial charge in [-0.3, -0.25) is 4.57 Å². The van der Waals surface area contributed by atoms with Crippen molar-refractivity contribution in [3.63, 3.8) is 0 Å². The van der Waals surface area contributed by atoms with E-state index in [1.807, 2.05) is 31.2 Å². The molecule has 4 heteroatoms. The summed E-state index contributed by atoms with van der Waals surface area (Å²) >= 11 is 0. The molecular formula is C21H15F2OP. The molecule has 1 nitrogen and oxygen atoms in total. The summed E-state index contributed by atoms with van der Waals surface area (Å²) < 4.78 is 40.1. The lowest BCUT2D eigenvalue weighted by molar-refractivity contribution is 0.592. The van der Waals surface area contributed by atoms with E-state index in [4.69, 9.17) is 0 Å². The smallest absolute Gasteiger partial charge is 0.211 e. The van der Waals surface area contributed by atoms with Crippen LogP contribution in [0.15, 0.2) is 72.8 Å². The Kier molecular flexibility index (Phi) is 4.83. The van der Waals surface area contributed by atoms with Gasteiger partial charge in [0.15, 0.2) is 0 Å². The molecule has 0 saturated carbocycles. The van der Waals surface area contributed by atoms with Gasteiger partial charge in [-0.05, 0) is 73.2 Å². The summed E-state index contributed by atoms with van der Waals surface area (Å²) in [6, 6.07) is 18.4. The van der Waals surface area contributed by atoms with E-state index >= 15 is 0 Å². The molecule has 0 unspecified atom stereocenters. The topological polar surface area (TPSA) is 17.1 Å². The second-order valence-corrected chi connectivity index (χ2v) is 8.14. The van der Waals surface area contributed by atoms with Crippen molar-refractivity contribution in [2.24, 2.45) is 0 Å². The Hall–Kier alpha value is -2.69. The largest absolute Gasteiger partial charge is 0.300 e. The van der Waals surface area contributed by atoms with Crippen LogP contribution in [0.3, 0.4) is 0 Å². The van der Waals surface area contributed by atoms with E-state index in [1.165, 1.54) is 48.5 Å². The minimum atomic E-state index is -3.34. The number of halogens is 2. The van der Waals surface area contributed by atoms with Crippen molar-refractivity contribution in [2.75, 3.05) is 0 Å². The minimum Gasteiger partial charge on any atom is -0.300 e. The van der Waals surface area contributed by atoms with Crippen molar-refractivity contribution in [1.82, 2.24) is 0 Å². The first-order valence-electron chi connectivity index (χ1n) is 7.70. The highest BCUT2D eigenvalue weighted by Gasteiger charge is 2.25. The van der Waals surface area contributed by atoms with Crippen LogP contribution in [0.4, 0.5) is 8.78 Å². The molecule has 0 fully saturated rings. The third kappa shape index (κ3) is 3.87. The van der Waals surface area contributed by atoms with Gasteiger partial charge < -0.3 is 0 Å². The number of rotatable bonds is 2. The third-order valence-corrected chi connectivity index (χ3v) is 6.27. The molecule has 0 bridgehead atoms. The fraction of sp³-hybridized carbons (Fsp3) is 0.0476. The lowest BCUT2D eigenvalue weighted by atomic mass is 10.2. The lowest BCUT2D eigenvalue weighted by Crippen LogP contribution is -2.15. The zero-order chi connectivity index (χ0) is 17.9. The predicted octanol–water partition coefficient (Wildman–Crippen LogP) is 4.60. The van der Waals surface area contributed by atoms with Gasteiger partial charge in [0, 0.05) is 16.2 Å². The van der Waals surface area contributed by atoms with Gasteiger partial charge in [-0.15, -0.1) is 0 Å². The highest BCUT2D eigenvalue weighted by molar-refractivity contribution is 7.83. The molecule has 0 radical (unpaired) electrons. The highest BCUT2D eigenvalue weighted by atomic mass is 31.2. The standard InChI is InChI=1S/C21H15F2OP/c1-16-2-4-17(5-3-16)14-15-25(24,20-10-6-18(22)7-11-20)21-12-8-19(23)9-13-21/h2-13H,1H3. The monoisotopic (exact) mass is 352 g/mol. The number of aryl methyl sites for hydroxylation is 1. The maximum absolute atomic E-state index is 13.7. The van der Waals surface area contributed by atoms with Gasteiger partial charge in [-0.1, -0.05) is 23.6 Å². The molecule has 0 aromatic heterocycles. The Morgan fingerprint density at radius 1 is 0.720 bits per heavy atom. The second kappa shape index (κ2) is 7.05. The molecule has 0 atom stereocenters. The first-order chi connectivity index (χ1) is 12.0. The van der Waals surface area contributed by atoms with Crippen molar-refractivity contribution < 1.29 is 13.3 Å². The van der Waals surface area contributed by atoms with Gasteiger partial charge in [0.05, 0.1) is 0 Å². The molecule has 0 saturated heterocycles. The summed E-state index contributed by atoms with van der Waals surface area (Å²) in [7, 11) is -3.34. The normalized spacial score (nSPS) is 10.8. The fourth-order valence-electron chi connectivity index (χ4n) is 2.36. The van der Waals surface area contributed by atoms with E-state index in [2.05, 4.69) is 11.6 Å².